The molecule has 2 aromatic rings. The Morgan fingerprint density at radius 2 is 2.00 bits per heavy atom. The second-order valence-corrected chi connectivity index (χ2v) is 6.26. The molecule has 24 heavy (non-hydrogen) atoms. The quantitative estimate of drug-likeness (QED) is 0.934. The SMILES string of the molecule is Cc1ccc(CNC(=O)[C@H](C)N2C(=O)CCn3nc(C)cc32)cc1. The molecule has 0 unspecified atom stereocenters. The third kappa shape index (κ3) is 3.18. The van der Waals surface area contributed by atoms with E-state index in [1.54, 1.807) is 16.5 Å². The van der Waals surface area contributed by atoms with Crippen LogP contribution in [0, 0.1) is 13.8 Å². The maximum Gasteiger partial charge on any atom is 0.243 e. The standard InChI is InChI=1S/C18H22N4O2/c1-12-4-6-15(7-5-12)11-19-18(24)14(3)22-16-10-13(2)20-21(16)9-8-17(22)23/h4-7,10,14H,8-9,11H2,1-3H3,(H,19,24)/t14-/m0/s1. The largest absolute Gasteiger partial charge is 0.350 e. The van der Waals surface area contributed by atoms with Crippen molar-refractivity contribution < 1.29 is 9.59 Å². The molecule has 126 valence electrons. The van der Waals surface area contributed by atoms with Gasteiger partial charge in [-0.15, -0.1) is 0 Å². The molecule has 0 aliphatic carbocycles. The topological polar surface area (TPSA) is 67.2 Å². The number of amides is 2. The van der Waals surface area contributed by atoms with E-state index in [9.17, 15) is 9.59 Å². The minimum atomic E-state index is -0.571. The van der Waals surface area contributed by atoms with Gasteiger partial charge in [-0.3, -0.25) is 14.5 Å². The van der Waals surface area contributed by atoms with Crippen LogP contribution in [0.1, 0.15) is 30.2 Å². The second kappa shape index (κ2) is 6.47. The zero-order chi connectivity index (χ0) is 17.3. The molecule has 2 amide bonds. The molecule has 0 spiro atoms. The number of hydrogen-bond acceptors (Lipinski definition) is 3. The third-order valence-corrected chi connectivity index (χ3v) is 4.29. The molecular formula is C18H22N4O2. The predicted octanol–water partition coefficient (Wildman–Crippen LogP) is 1.94. The third-order valence-electron chi connectivity index (χ3n) is 4.29. The number of carbonyl (C=O) groups excluding carboxylic acids is 2. The normalized spacial score (nSPS) is 15.1. The van der Waals surface area contributed by atoms with Gasteiger partial charge >= 0.3 is 0 Å². The molecule has 0 fully saturated rings. The summed E-state index contributed by atoms with van der Waals surface area (Å²) in [6.45, 7) is 6.67. The van der Waals surface area contributed by atoms with Gasteiger partial charge in [-0.25, -0.2) is 4.68 Å². The monoisotopic (exact) mass is 326 g/mol. The van der Waals surface area contributed by atoms with Gasteiger partial charge in [0.25, 0.3) is 0 Å². The Hall–Kier alpha value is -2.63. The molecule has 0 radical (unpaired) electrons. The molecular weight excluding hydrogens is 304 g/mol. The Kier molecular flexibility index (Phi) is 4.38. The fourth-order valence-electron chi connectivity index (χ4n) is 2.91. The number of nitrogens with one attached hydrogen (secondary N) is 1. The summed E-state index contributed by atoms with van der Waals surface area (Å²) in [6, 6.07) is 9.29. The number of rotatable bonds is 4. The molecule has 1 aliphatic rings. The van der Waals surface area contributed by atoms with Gasteiger partial charge in [0.1, 0.15) is 11.9 Å². The molecule has 0 saturated carbocycles. The molecule has 0 bridgehead atoms. The van der Waals surface area contributed by atoms with E-state index in [1.165, 1.54) is 5.56 Å². The Morgan fingerprint density at radius 3 is 2.71 bits per heavy atom. The fourth-order valence-corrected chi connectivity index (χ4v) is 2.91. The van der Waals surface area contributed by atoms with Crippen molar-refractivity contribution in [2.45, 2.75) is 46.3 Å². The van der Waals surface area contributed by atoms with Gasteiger partial charge in [0.2, 0.25) is 11.8 Å². The lowest BCUT2D eigenvalue weighted by molar-refractivity contribution is -0.126. The number of hydrogen-bond donors (Lipinski definition) is 1. The van der Waals surface area contributed by atoms with Crippen LogP contribution in [0.5, 0.6) is 0 Å². The summed E-state index contributed by atoms with van der Waals surface area (Å²) in [6.07, 6.45) is 0.365. The highest BCUT2D eigenvalue weighted by Crippen LogP contribution is 2.24. The summed E-state index contributed by atoms with van der Waals surface area (Å²) in [4.78, 5) is 26.4. The van der Waals surface area contributed by atoms with Crippen LogP contribution in [0.3, 0.4) is 0 Å². The summed E-state index contributed by atoms with van der Waals surface area (Å²) in [5.74, 6) is 0.485. The Bertz CT molecular complexity index is 764. The molecule has 3 rings (SSSR count). The van der Waals surface area contributed by atoms with Crippen molar-refractivity contribution >= 4 is 17.6 Å². The fraction of sp³-hybridized carbons (Fsp3) is 0.389. The van der Waals surface area contributed by atoms with E-state index in [1.807, 2.05) is 44.2 Å². The first-order chi connectivity index (χ1) is 11.5. The van der Waals surface area contributed by atoms with Gasteiger partial charge in [0.05, 0.1) is 12.2 Å². The van der Waals surface area contributed by atoms with E-state index in [0.29, 0.717) is 25.3 Å². The minimum absolute atomic E-state index is 0.0413. The van der Waals surface area contributed by atoms with Crippen LogP contribution in [-0.4, -0.2) is 27.6 Å². The van der Waals surface area contributed by atoms with Gasteiger partial charge in [0.15, 0.2) is 0 Å². The zero-order valence-electron chi connectivity index (χ0n) is 14.2. The van der Waals surface area contributed by atoms with E-state index in [4.69, 9.17) is 0 Å². The van der Waals surface area contributed by atoms with Gasteiger partial charge in [-0.1, -0.05) is 29.8 Å². The molecule has 1 N–H and O–H groups in total. The molecule has 1 atom stereocenters. The van der Waals surface area contributed by atoms with Crippen molar-refractivity contribution in [3.8, 4) is 0 Å². The summed E-state index contributed by atoms with van der Waals surface area (Å²) >= 11 is 0. The van der Waals surface area contributed by atoms with Crippen molar-refractivity contribution in [2.75, 3.05) is 4.90 Å². The van der Waals surface area contributed by atoms with Crippen molar-refractivity contribution in [2.24, 2.45) is 0 Å². The number of anilines is 1. The van der Waals surface area contributed by atoms with Crippen LogP contribution in [0.25, 0.3) is 0 Å². The maximum atomic E-state index is 12.5. The summed E-state index contributed by atoms with van der Waals surface area (Å²) in [5, 5.41) is 7.28. The van der Waals surface area contributed by atoms with Gasteiger partial charge in [0, 0.05) is 19.0 Å². The van der Waals surface area contributed by atoms with Gasteiger partial charge in [-0.2, -0.15) is 5.10 Å². The molecule has 1 aromatic carbocycles. The predicted molar refractivity (Wildman–Crippen MR) is 91.6 cm³/mol. The number of aromatic nitrogens is 2. The molecule has 6 heteroatoms. The Balaban J connectivity index is 1.71. The van der Waals surface area contributed by atoms with Gasteiger partial charge in [-0.05, 0) is 26.3 Å². The smallest absolute Gasteiger partial charge is 0.243 e. The van der Waals surface area contributed by atoms with Crippen molar-refractivity contribution in [1.82, 2.24) is 15.1 Å². The summed E-state index contributed by atoms with van der Waals surface area (Å²) in [5.41, 5.74) is 3.06. The van der Waals surface area contributed by atoms with Crippen LogP contribution >= 0.6 is 0 Å². The Labute approximate surface area is 141 Å². The highest BCUT2D eigenvalue weighted by Gasteiger charge is 2.32. The van der Waals surface area contributed by atoms with E-state index in [-0.39, 0.29) is 11.8 Å². The van der Waals surface area contributed by atoms with E-state index in [0.717, 1.165) is 11.3 Å². The van der Waals surface area contributed by atoms with Crippen LogP contribution < -0.4 is 10.2 Å². The first kappa shape index (κ1) is 16.2. The lowest BCUT2D eigenvalue weighted by atomic mass is 10.1. The van der Waals surface area contributed by atoms with E-state index in [2.05, 4.69) is 10.4 Å². The van der Waals surface area contributed by atoms with Crippen LogP contribution in [0.15, 0.2) is 30.3 Å². The van der Waals surface area contributed by atoms with E-state index >= 15 is 0 Å². The average Bonchev–Trinajstić information content (AvgIpc) is 2.93. The minimum Gasteiger partial charge on any atom is -0.350 e. The van der Waals surface area contributed by atoms with Crippen LogP contribution in [0.2, 0.25) is 0 Å². The lowest BCUT2D eigenvalue weighted by Crippen LogP contribution is -2.50. The van der Waals surface area contributed by atoms with Crippen LogP contribution in [0.4, 0.5) is 5.82 Å². The molecule has 2 heterocycles. The molecule has 0 saturated heterocycles. The number of fused-ring (bicyclic) bond motifs is 1. The average molecular weight is 326 g/mol. The van der Waals surface area contributed by atoms with Crippen molar-refractivity contribution in [1.29, 1.82) is 0 Å². The summed E-state index contributed by atoms with van der Waals surface area (Å²) < 4.78 is 1.79. The number of aryl methyl sites for hydroxylation is 3. The highest BCUT2D eigenvalue weighted by atomic mass is 16.2. The first-order valence-electron chi connectivity index (χ1n) is 8.15. The first-order valence-corrected chi connectivity index (χ1v) is 8.15. The highest BCUT2D eigenvalue weighted by molar-refractivity contribution is 6.00. The van der Waals surface area contributed by atoms with Crippen molar-refractivity contribution in [3.05, 3.63) is 47.2 Å². The molecule has 1 aromatic heterocycles. The van der Waals surface area contributed by atoms with E-state index < -0.39 is 6.04 Å². The zero-order valence-corrected chi connectivity index (χ0v) is 14.2. The molecule has 1 aliphatic heterocycles. The maximum absolute atomic E-state index is 12.5. The van der Waals surface area contributed by atoms with Crippen molar-refractivity contribution in [3.63, 3.8) is 0 Å². The second-order valence-electron chi connectivity index (χ2n) is 6.26. The number of benzene rings is 1. The number of nitrogens with zero attached hydrogens (tertiary/aromatic N) is 3. The lowest BCUT2D eigenvalue weighted by Gasteiger charge is -2.31. The summed E-state index contributed by atoms with van der Waals surface area (Å²) in [7, 11) is 0. The van der Waals surface area contributed by atoms with Crippen LogP contribution in [-0.2, 0) is 22.7 Å². The Morgan fingerprint density at radius 1 is 1.29 bits per heavy atom. The number of carbonyl (C=O) groups is 2. The molecule has 6 nitrogen and oxygen atoms in total. The van der Waals surface area contributed by atoms with Gasteiger partial charge < -0.3 is 5.32 Å².